The van der Waals surface area contributed by atoms with Gasteiger partial charge in [0.2, 0.25) is 5.88 Å². The molecule has 1 N–H and O–H groups in total. The lowest BCUT2D eigenvalue weighted by molar-refractivity contribution is 0.213. The molecule has 2 heterocycles. The van der Waals surface area contributed by atoms with Crippen LogP contribution in [0.25, 0.3) is 10.9 Å². The molecule has 5 nitrogen and oxygen atoms in total. The van der Waals surface area contributed by atoms with Crippen molar-refractivity contribution < 1.29 is 9.84 Å². The highest BCUT2D eigenvalue weighted by Gasteiger charge is 2.13. The quantitative estimate of drug-likeness (QED) is 0.787. The highest BCUT2D eigenvalue weighted by molar-refractivity contribution is 5.79. The van der Waals surface area contributed by atoms with Gasteiger partial charge in [-0.15, -0.1) is 10.2 Å². The SMILES string of the molecule is COc1ccc(C(O)c2ccc3ncccc3c2)nn1. The van der Waals surface area contributed by atoms with Crippen LogP contribution in [0.4, 0.5) is 0 Å². The van der Waals surface area contributed by atoms with Crippen LogP contribution in [-0.4, -0.2) is 27.4 Å². The van der Waals surface area contributed by atoms with E-state index in [2.05, 4.69) is 15.2 Å². The van der Waals surface area contributed by atoms with E-state index in [1.165, 1.54) is 7.11 Å². The smallest absolute Gasteiger partial charge is 0.233 e. The number of pyridine rings is 1. The molecule has 3 aromatic rings. The van der Waals surface area contributed by atoms with Crippen molar-refractivity contribution in [2.24, 2.45) is 0 Å². The first-order valence-corrected chi connectivity index (χ1v) is 6.18. The molecule has 1 aromatic carbocycles. The van der Waals surface area contributed by atoms with Crippen LogP contribution < -0.4 is 4.74 Å². The lowest BCUT2D eigenvalue weighted by Gasteiger charge is -2.11. The molecule has 0 bridgehead atoms. The normalized spacial score (nSPS) is 12.3. The molecule has 0 saturated carbocycles. The van der Waals surface area contributed by atoms with Crippen molar-refractivity contribution >= 4 is 10.9 Å². The fraction of sp³-hybridized carbons (Fsp3) is 0.133. The van der Waals surface area contributed by atoms with E-state index in [1.54, 1.807) is 18.3 Å². The Kier molecular flexibility index (Phi) is 3.26. The molecule has 0 aliphatic carbocycles. The molecule has 0 spiro atoms. The number of methoxy groups -OCH3 is 1. The number of benzene rings is 1. The predicted octanol–water partition coefficient (Wildman–Crippen LogP) is 2.12. The Hall–Kier alpha value is -2.53. The molecule has 20 heavy (non-hydrogen) atoms. The largest absolute Gasteiger partial charge is 0.480 e. The van der Waals surface area contributed by atoms with E-state index in [9.17, 15) is 5.11 Å². The molecule has 2 aromatic heterocycles. The molecule has 0 fully saturated rings. The van der Waals surface area contributed by atoms with Crippen molar-refractivity contribution in [1.82, 2.24) is 15.2 Å². The molecule has 0 aliphatic rings. The molecular formula is C15H13N3O2. The molecule has 3 rings (SSSR count). The Morgan fingerprint density at radius 2 is 2.00 bits per heavy atom. The third kappa shape index (κ3) is 2.31. The molecular weight excluding hydrogens is 254 g/mol. The molecule has 100 valence electrons. The van der Waals surface area contributed by atoms with Gasteiger partial charge in [0.1, 0.15) is 6.10 Å². The summed E-state index contributed by atoms with van der Waals surface area (Å²) in [6.45, 7) is 0. The molecule has 5 heteroatoms. The van der Waals surface area contributed by atoms with Gasteiger partial charge in [-0.2, -0.15) is 0 Å². The first-order chi connectivity index (χ1) is 9.78. The summed E-state index contributed by atoms with van der Waals surface area (Å²) in [5.74, 6) is 0.420. The predicted molar refractivity (Wildman–Crippen MR) is 74.4 cm³/mol. The summed E-state index contributed by atoms with van der Waals surface area (Å²) >= 11 is 0. The Labute approximate surface area is 115 Å². The second-order valence-corrected chi connectivity index (χ2v) is 4.36. The highest BCUT2D eigenvalue weighted by atomic mass is 16.5. The van der Waals surface area contributed by atoms with Crippen LogP contribution in [0.3, 0.4) is 0 Å². The zero-order valence-corrected chi connectivity index (χ0v) is 10.9. The average Bonchev–Trinajstić information content (AvgIpc) is 2.54. The first kappa shape index (κ1) is 12.5. The maximum atomic E-state index is 10.4. The van der Waals surface area contributed by atoms with Gasteiger partial charge < -0.3 is 9.84 Å². The number of fused-ring (bicyclic) bond motifs is 1. The summed E-state index contributed by atoms with van der Waals surface area (Å²) in [5, 5.41) is 19.2. The van der Waals surface area contributed by atoms with Crippen LogP contribution >= 0.6 is 0 Å². The van der Waals surface area contributed by atoms with E-state index in [4.69, 9.17) is 4.74 Å². The zero-order valence-electron chi connectivity index (χ0n) is 10.9. The fourth-order valence-corrected chi connectivity index (χ4v) is 2.02. The summed E-state index contributed by atoms with van der Waals surface area (Å²) in [4.78, 5) is 4.25. The molecule has 0 radical (unpaired) electrons. The number of hydrogen-bond acceptors (Lipinski definition) is 5. The summed E-state index contributed by atoms with van der Waals surface area (Å²) in [6.07, 6.45) is 0.922. The Morgan fingerprint density at radius 3 is 2.75 bits per heavy atom. The maximum absolute atomic E-state index is 10.4. The van der Waals surface area contributed by atoms with Gasteiger partial charge in [0.15, 0.2) is 0 Å². The van der Waals surface area contributed by atoms with E-state index in [0.717, 1.165) is 16.5 Å². The van der Waals surface area contributed by atoms with Crippen LogP contribution in [0, 0.1) is 0 Å². The van der Waals surface area contributed by atoms with E-state index in [-0.39, 0.29) is 0 Å². The topological polar surface area (TPSA) is 68.1 Å². The number of aromatic nitrogens is 3. The third-order valence-corrected chi connectivity index (χ3v) is 3.09. The molecule has 0 amide bonds. The number of ether oxygens (including phenoxy) is 1. The van der Waals surface area contributed by atoms with Crippen molar-refractivity contribution in [3.8, 4) is 5.88 Å². The van der Waals surface area contributed by atoms with E-state index in [1.807, 2.05) is 30.3 Å². The van der Waals surface area contributed by atoms with Crippen LogP contribution in [0.1, 0.15) is 17.4 Å². The van der Waals surface area contributed by atoms with Crippen molar-refractivity contribution in [2.45, 2.75) is 6.10 Å². The monoisotopic (exact) mass is 267 g/mol. The molecule has 0 aliphatic heterocycles. The summed E-state index contributed by atoms with van der Waals surface area (Å²) < 4.78 is 4.95. The Morgan fingerprint density at radius 1 is 1.10 bits per heavy atom. The third-order valence-electron chi connectivity index (χ3n) is 3.09. The molecule has 1 unspecified atom stereocenters. The van der Waals surface area contributed by atoms with Gasteiger partial charge in [-0.25, -0.2) is 0 Å². The van der Waals surface area contributed by atoms with Crippen molar-refractivity contribution in [1.29, 1.82) is 0 Å². The lowest BCUT2D eigenvalue weighted by atomic mass is 10.0. The van der Waals surface area contributed by atoms with Gasteiger partial charge in [-0.3, -0.25) is 4.98 Å². The first-order valence-electron chi connectivity index (χ1n) is 6.18. The van der Waals surface area contributed by atoms with Crippen LogP contribution in [0.5, 0.6) is 5.88 Å². The standard InChI is InChI=1S/C15H13N3O2/c1-20-14-7-6-13(17-18-14)15(19)11-4-5-12-10(9-11)3-2-8-16-12/h2-9,15,19H,1H3. The van der Waals surface area contributed by atoms with Gasteiger partial charge in [-0.05, 0) is 29.8 Å². The van der Waals surface area contributed by atoms with Gasteiger partial charge in [-0.1, -0.05) is 12.1 Å². The minimum atomic E-state index is -0.821. The minimum Gasteiger partial charge on any atom is -0.480 e. The van der Waals surface area contributed by atoms with Gasteiger partial charge in [0.05, 0.1) is 18.3 Å². The van der Waals surface area contributed by atoms with Crippen LogP contribution in [0.2, 0.25) is 0 Å². The van der Waals surface area contributed by atoms with Crippen molar-refractivity contribution in [3.63, 3.8) is 0 Å². The second-order valence-electron chi connectivity index (χ2n) is 4.36. The van der Waals surface area contributed by atoms with Crippen LogP contribution in [0.15, 0.2) is 48.7 Å². The molecule has 0 saturated heterocycles. The van der Waals surface area contributed by atoms with E-state index >= 15 is 0 Å². The fourth-order valence-electron chi connectivity index (χ4n) is 2.02. The van der Waals surface area contributed by atoms with E-state index in [0.29, 0.717) is 11.6 Å². The van der Waals surface area contributed by atoms with Gasteiger partial charge in [0.25, 0.3) is 0 Å². The van der Waals surface area contributed by atoms with Crippen LogP contribution in [-0.2, 0) is 0 Å². The Bertz CT molecular complexity index is 729. The summed E-state index contributed by atoms with van der Waals surface area (Å²) in [6, 6.07) is 12.8. The summed E-state index contributed by atoms with van der Waals surface area (Å²) in [7, 11) is 1.52. The van der Waals surface area contributed by atoms with Crippen molar-refractivity contribution in [3.05, 3.63) is 59.9 Å². The minimum absolute atomic E-state index is 0.420. The second kappa shape index (κ2) is 5.22. The van der Waals surface area contributed by atoms with Gasteiger partial charge >= 0.3 is 0 Å². The zero-order chi connectivity index (χ0) is 13.9. The van der Waals surface area contributed by atoms with E-state index < -0.39 is 6.10 Å². The number of aliphatic hydroxyl groups is 1. The molecule has 1 atom stereocenters. The summed E-state index contributed by atoms with van der Waals surface area (Å²) in [5.41, 5.74) is 2.13. The number of nitrogens with zero attached hydrogens (tertiary/aromatic N) is 3. The number of hydrogen-bond donors (Lipinski definition) is 1. The van der Waals surface area contributed by atoms with Gasteiger partial charge in [0, 0.05) is 17.6 Å². The average molecular weight is 267 g/mol. The highest BCUT2D eigenvalue weighted by Crippen LogP contribution is 2.23. The lowest BCUT2D eigenvalue weighted by Crippen LogP contribution is -2.04. The number of aliphatic hydroxyl groups excluding tert-OH is 1. The maximum Gasteiger partial charge on any atom is 0.233 e. The Balaban J connectivity index is 1.96. The number of rotatable bonds is 3. The van der Waals surface area contributed by atoms with Crippen molar-refractivity contribution in [2.75, 3.05) is 7.11 Å².